The number of allylic oxidation sites excluding steroid dienone is 1. The average Bonchev–Trinajstić information content (AvgIpc) is 3.13. The number of aryl methyl sites for hydroxylation is 2. The van der Waals surface area contributed by atoms with Gasteiger partial charge in [0.05, 0.1) is 18.0 Å². The number of aromatic nitrogens is 2. The van der Waals surface area contributed by atoms with Crippen molar-refractivity contribution in [3.8, 4) is 0 Å². The first-order chi connectivity index (χ1) is 12.1. The average molecular weight is 359 g/mol. The van der Waals surface area contributed by atoms with Gasteiger partial charge in [-0.15, -0.1) is 24.5 Å². The van der Waals surface area contributed by atoms with Crippen LogP contribution in [0, 0.1) is 0 Å². The molecule has 3 rings (SSSR count). The Hall–Kier alpha value is -1.76. The Morgan fingerprint density at radius 2 is 2.20 bits per heavy atom. The fraction of sp³-hybridized carbons (Fsp3) is 0.474. The smallest absolute Gasteiger partial charge is 0.259 e. The number of fused-ring (bicyclic) bond motifs is 3. The van der Waals surface area contributed by atoms with Crippen LogP contribution in [0.5, 0.6) is 0 Å². The van der Waals surface area contributed by atoms with Crippen molar-refractivity contribution in [2.24, 2.45) is 0 Å². The van der Waals surface area contributed by atoms with E-state index in [4.69, 9.17) is 0 Å². The minimum atomic E-state index is -0.432. The number of H-pyrrole nitrogens is 1. The molecule has 0 saturated heterocycles. The molecule has 0 aromatic carbocycles. The van der Waals surface area contributed by atoms with Gasteiger partial charge in [0.2, 0.25) is 0 Å². The highest BCUT2D eigenvalue weighted by molar-refractivity contribution is 7.18. The molecule has 6 heteroatoms. The number of hydrogen-bond acceptors (Lipinski definition) is 5. The van der Waals surface area contributed by atoms with Gasteiger partial charge in [-0.05, 0) is 37.7 Å². The number of aliphatic hydroxyl groups excluding tert-OH is 1. The van der Waals surface area contributed by atoms with Crippen molar-refractivity contribution in [3.05, 3.63) is 51.9 Å². The Kier molecular flexibility index (Phi) is 5.83. The van der Waals surface area contributed by atoms with E-state index in [1.54, 1.807) is 17.4 Å². The highest BCUT2D eigenvalue weighted by Crippen LogP contribution is 2.34. The molecule has 1 unspecified atom stereocenters. The molecule has 0 amide bonds. The van der Waals surface area contributed by atoms with Crippen molar-refractivity contribution in [1.82, 2.24) is 14.9 Å². The Balaban J connectivity index is 1.79. The van der Waals surface area contributed by atoms with E-state index in [1.807, 2.05) is 11.0 Å². The van der Waals surface area contributed by atoms with E-state index in [9.17, 15) is 9.90 Å². The quantitative estimate of drug-likeness (QED) is 0.676. The topological polar surface area (TPSA) is 69.2 Å². The number of thiophene rings is 1. The van der Waals surface area contributed by atoms with Crippen molar-refractivity contribution in [3.63, 3.8) is 0 Å². The first kappa shape index (κ1) is 18.0. The number of aromatic amines is 1. The molecule has 2 aromatic heterocycles. The third-order valence-electron chi connectivity index (χ3n) is 4.56. The Morgan fingerprint density at radius 3 is 2.96 bits per heavy atom. The maximum atomic E-state index is 12.5. The van der Waals surface area contributed by atoms with Crippen molar-refractivity contribution in [2.75, 3.05) is 13.1 Å². The van der Waals surface area contributed by atoms with Gasteiger partial charge in [-0.25, -0.2) is 4.98 Å². The fourth-order valence-corrected chi connectivity index (χ4v) is 4.70. The lowest BCUT2D eigenvalue weighted by Crippen LogP contribution is -2.33. The van der Waals surface area contributed by atoms with Gasteiger partial charge in [0, 0.05) is 18.0 Å². The van der Waals surface area contributed by atoms with Crippen molar-refractivity contribution < 1.29 is 5.11 Å². The molecule has 1 atom stereocenters. The van der Waals surface area contributed by atoms with Crippen LogP contribution in [0.25, 0.3) is 10.2 Å². The Morgan fingerprint density at radius 1 is 1.36 bits per heavy atom. The zero-order chi connectivity index (χ0) is 17.8. The summed E-state index contributed by atoms with van der Waals surface area (Å²) in [5.41, 5.74) is 1.16. The van der Waals surface area contributed by atoms with Crippen molar-refractivity contribution in [2.45, 2.75) is 44.8 Å². The first-order valence-corrected chi connectivity index (χ1v) is 9.59. The second-order valence-electron chi connectivity index (χ2n) is 6.55. The maximum Gasteiger partial charge on any atom is 0.259 e. The zero-order valence-electron chi connectivity index (χ0n) is 14.5. The minimum absolute atomic E-state index is 0.0369. The summed E-state index contributed by atoms with van der Waals surface area (Å²) in [5.74, 6) is 0.648. The molecule has 0 bridgehead atoms. The van der Waals surface area contributed by atoms with Crippen LogP contribution in [0.4, 0.5) is 0 Å². The monoisotopic (exact) mass is 359 g/mol. The molecule has 0 spiro atoms. The SMILES string of the molecule is C=CCCC(O)CN(CC=C)Cc1nc2sc3c(c2c(=O)[nH]1)CCC3. The van der Waals surface area contributed by atoms with Gasteiger partial charge in [-0.2, -0.15) is 0 Å². The number of aliphatic hydroxyl groups is 1. The van der Waals surface area contributed by atoms with Crippen LogP contribution in [0.3, 0.4) is 0 Å². The molecule has 0 saturated carbocycles. The van der Waals surface area contributed by atoms with Crippen molar-refractivity contribution >= 4 is 21.6 Å². The molecular formula is C19H25N3O2S. The predicted octanol–water partition coefficient (Wildman–Crippen LogP) is 2.79. The lowest BCUT2D eigenvalue weighted by atomic mass is 10.2. The van der Waals surface area contributed by atoms with Gasteiger partial charge >= 0.3 is 0 Å². The molecular weight excluding hydrogens is 334 g/mol. The molecule has 2 N–H and O–H groups in total. The van der Waals surface area contributed by atoms with E-state index >= 15 is 0 Å². The van der Waals surface area contributed by atoms with E-state index in [0.29, 0.717) is 31.9 Å². The van der Waals surface area contributed by atoms with Gasteiger partial charge in [0.25, 0.3) is 5.56 Å². The zero-order valence-corrected chi connectivity index (χ0v) is 15.3. The van der Waals surface area contributed by atoms with Gasteiger partial charge < -0.3 is 10.1 Å². The van der Waals surface area contributed by atoms with E-state index in [2.05, 4.69) is 23.1 Å². The fourth-order valence-electron chi connectivity index (χ4n) is 3.42. The first-order valence-electron chi connectivity index (χ1n) is 8.78. The standard InChI is InChI=1S/C19H25N3O2S/c1-3-5-7-13(23)11-22(10-4-2)12-16-20-18(24)17-14-8-6-9-15(14)25-19(17)21-16/h3-4,13,23H,1-2,5-12H2,(H,20,21,24). The van der Waals surface area contributed by atoms with Crippen LogP contribution >= 0.6 is 11.3 Å². The van der Waals surface area contributed by atoms with Crippen molar-refractivity contribution in [1.29, 1.82) is 0 Å². The van der Waals surface area contributed by atoms with Crippen LogP contribution in [-0.4, -0.2) is 39.2 Å². The third-order valence-corrected chi connectivity index (χ3v) is 5.74. The van der Waals surface area contributed by atoms with Gasteiger partial charge in [0.1, 0.15) is 10.7 Å². The third kappa shape index (κ3) is 4.08. The number of nitrogens with one attached hydrogen (secondary N) is 1. The Labute approximate surface area is 151 Å². The van der Waals surface area contributed by atoms with Crippen LogP contribution in [0.1, 0.15) is 35.5 Å². The second kappa shape index (κ2) is 8.08. The molecule has 25 heavy (non-hydrogen) atoms. The van der Waals surface area contributed by atoms with Crippen LogP contribution in [0.15, 0.2) is 30.1 Å². The van der Waals surface area contributed by atoms with Crippen LogP contribution in [0.2, 0.25) is 0 Å². The van der Waals surface area contributed by atoms with E-state index < -0.39 is 6.10 Å². The lowest BCUT2D eigenvalue weighted by molar-refractivity contribution is 0.107. The summed E-state index contributed by atoms with van der Waals surface area (Å²) in [6, 6.07) is 0. The molecule has 2 aromatic rings. The second-order valence-corrected chi connectivity index (χ2v) is 7.64. The number of rotatable bonds is 9. The molecule has 1 aliphatic rings. The van der Waals surface area contributed by atoms with Gasteiger partial charge in [-0.1, -0.05) is 12.2 Å². The van der Waals surface area contributed by atoms with Gasteiger partial charge in [0.15, 0.2) is 0 Å². The normalized spacial score (nSPS) is 14.8. The van der Waals surface area contributed by atoms with Crippen LogP contribution < -0.4 is 5.56 Å². The number of hydrogen-bond donors (Lipinski definition) is 2. The highest BCUT2D eigenvalue weighted by atomic mass is 32.1. The molecule has 2 heterocycles. The summed E-state index contributed by atoms with van der Waals surface area (Å²) in [5, 5.41) is 10.9. The molecule has 5 nitrogen and oxygen atoms in total. The molecule has 0 radical (unpaired) electrons. The maximum absolute atomic E-state index is 12.5. The van der Waals surface area contributed by atoms with E-state index in [-0.39, 0.29) is 5.56 Å². The minimum Gasteiger partial charge on any atom is -0.392 e. The summed E-state index contributed by atoms with van der Waals surface area (Å²) in [4.78, 5) is 24.4. The molecule has 134 valence electrons. The summed E-state index contributed by atoms with van der Waals surface area (Å²) >= 11 is 1.65. The van der Waals surface area contributed by atoms with E-state index in [1.165, 1.54) is 10.4 Å². The summed E-state index contributed by atoms with van der Waals surface area (Å²) in [6.07, 6.45) is 7.82. The van der Waals surface area contributed by atoms with E-state index in [0.717, 1.165) is 35.9 Å². The van der Waals surface area contributed by atoms with Gasteiger partial charge in [-0.3, -0.25) is 9.69 Å². The summed E-state index contributed by atoms with van der Waals surface area (Å²) in [7, 11) is 0. The Bertz CT molecular complexity index is 824. The number of nitrogens with zero attached hydrogens (tertiary/aromatic N) is 2. The van der Waals surface area contributed by atoms with Crippen LogP contribution in [-0.2, 0) is 19.4 Å². The molecule has 1 aliphatic carbocycles. The largest absolute Gasteiger partial charge is 0.392 e. The predicted molar refractivity (Wildman–Crippen MR) is 103 cm³/mol. The lowest BCUT2D eigenvalue weighted by Gasteiger charge is -2.23. The summed E-state index contributed by atoms with van der Waals surface area (Å²) in [6.45, 7) is 9.11. The molecule has 0 fully saturated rings. The molecule has 0 aliphatic heterocycles. The summed E-state index contributed by atoms with van der Waals surface area (Å²) < 4.78 is 0. The highest BCUT2D eigenvalue weighted by Gasteiger charge is 2.21.